The molecule has 0 aliphatic rings. The van der Waals surface area contributed by atoms with Crippen LogP contribution in [0.5, 0.6) is 0 Å². The minimum atomic E-state index is 1.18. The maximum Gasteiger partial charge on any atom is 0.0827 e. The largest absolute Gasteiger partial charge is 0.504 e. The molecule has 2 heteroatoms. The van der Waals surface area contributed by atoms with Gasteiger partial charge in [0.05, 0.1) is 13.4 Å². The Morgan fingerprint density at radius 1 is 1.29 bits per heavy atom. The van der Waals surface area contributed by atoms with Gasteiger partial charge in [0, 0.05) is 4.90 Å². The number of hydrogen-bond acceptors (Lipinski definition) is 2. The third kappa shape index (κ3) is 4.19. The van der Waals surface area contributed by atoms with Crippen molar-refractivity contribution in [2.45, 2.75) is 11.8 Å². The third-order valence-electron chi connectivity index (χ3n) is 1.59. The Morgan fingerprint density at radius 3 is 2.64 bits per heavy atom. The van der Waals surface area contributed by atoms with Crippen LogP contribution in [0.1, 0.15) is 6.92 Å². The summed E-state index contributed by atoms with van der Waals surface area (Å²) >= 11 is 1.71. The van der Waals surface area contributed by atoms with Gasteiger partial charge in [-0.25, -0.2) is 0 Å². The van der Waals surface area contributed by atoms with Crippen molar-refractivity contribution in [1.82, 2.24) is 0 Å². The monoisotopic (exact) mass is 206 g/mol. The number of methoxy groups -OCH3 is 1. The fraction of sp³-hybridized carbons (Fsp3) is 0.167. The molecule has 0 aliphatic carbocycles. The Morgan fingerprint density at radius 2 is 2.00 bits per heavy atom. The molecule has 0 aromatic heterocycles. The first-order chi connectivity index (χ1) is 6.83. The standard InChI is InChI=1S/C12H14OS/c1-11(8-9-13-2)10-14-12-6-4-3-5-7-12/h3-10H,1-2H3/b9-8+,11-10-. The molecule has 0 amide bonds. The highest BCUT2D eigenvalue weighted by molar-refractivity contribution is 8.02. The zero-order chi connectivity index (χ0) is 10.2. The predicted octanol–water partition coefficient (Wildman–Crippen LogP) is 3.84. The summed E-state index contributed by atoms with van der Waals surface area (Å²) in [6, 6.07) is 10.3. The van der Waals surface area contributed by atoms with E-state index < -0.39 is 0 Å². The molecule has 0 spiro atoms. The molecule has 1 nitrogen and oxygen atoms in total. The van der Waals surface area contributed by atoms with Crippen LogP contribution in [0.4, 0.5) is 0 Å². The summed E-state index contributed by atoms with van der Waals surface area (Å²) in [5, 5.41) is 2.10. The molecule has 0 atom stereocenters. The Labute approximate surface area is 89.5 Å². The lowest BCUT2D eigenvalue weighted by Crippen LogP contribution is -1.70. The highest BCUT2D eigenvalue weighted by Gasteiger charge is 1.88. The van der Waals surface area contributed by atoms with E-state index in [9.17, 15) is 0 Å². The van der Waals surface area contributed by atoms with Gasteiger partial charge in [-0.15, -0.1) is 0 Å². The van der Waals surface area contributed by atoms with E-state index in [4.69, 9.17) is 4.74 Å². The van der Waals surface area contributed by atoms with E-state index in [1.807, 2.05) is 31.2 Å². The van der Waals surface area contributed by atoms with E-state index in [2.05, 4.69) is 17.5 Å². The van der Waals surface area contributed by atoms with Crippen LogP contribution in [-0.4, -0.2) is 7.11 Å². The second kappa shape index (κ2) is 6.33. The Kier molecular flexibility index (Phi) is 4.94. The van der Waals surface area contributed by atoms with Gasteiger partial charge in [0.1, 0.15) is 0 Å². The Hall–Kier alpha value is -1.15. The first kappa shape index (κ1) is 10.9. The van der Waals surface area contributed by atoms with Crippen molar-refractivity contribution in [3.8, 4) is 0 Å². The van der Waals surface area contributed by atoms with E-state index in [1.165, 1.54) is 10.5 Å². The number of allylic oxidation sites excluding steroid dienone is 2. The molecule has 0 fully saturated rings. The van der Waals surface area contributed by atoms with Gasteiger partial charge < -0.3 is 4.74 Å². The van der Waals surface area contributed by atoms with Gasteiger partial charge in [-0.1, -0.05) is 30.0 Å². The van der Waals surface area contributed by atoms with Crippen LogP contribution in [-0.2, 0) is 4.74 Å². The topological polar surface area (TPSA) is 9.23 Å². The van der Waals surface area contributed by atoms with Gasteiger partial charge in [0.25, 0.3) is 0 Å². The van der Waals surface area contributed by atoms with Crippen LogP contribution in [0, 0.1) is 0 Å². The van der Waals surface area contributed by atoms with Gasteiger partial charge >= 0.3 is 0 Å². The zero-order valence-electron chi connectivity index (χ0n) is 8.44. The fourth-order valence-electron chi connectivity index (χ4n) is 0.875. The molecule has 0 saturated carbocycles. The SMILES string of the molecule is CO/C=C/C(C)=C\Sc1ccccc1. The molecule has 0 radical (unpaired) electrons. The maximum atomic E-state index is 4.83. The maximum absolute atomic E-state index is 4.83. The second-order valence-electron chi connectivity index (χ2n) is 2.83. The molecule has 1 rings (SSSR count). The number of benzene rings is 1. The van der Waals surface area contributed by atoms with Gasteiger partial charge in [0.15, 0.2) is 0 Å². The van der Waals surface area contributed by atoms with Crippen LogP contribution in [0.3, 0.4) is 0 Å². The van der Waals surface area contributed by atoms with Crippen LogP contribution < -0.4 is 0 Å². The molecular formula is C12H14OS. The average molecular weight is 206 g/mol. The average Bonchev–Trinajstić information content (AvgIpc) is 2.25. The molecule has 1 aromatic rings. The van der Waals surface area contributed by atoms with Crippen molar-refractivity contribution in [1.29, 1.82) is 0 Å². The summed E-state index contributed by atoms with van der Waals surface area (Å²) in [6.45, 7) is 2.05. The minimum absolute atomic E-state index is 1.18. The lowest BCUT2D eigenvalue weighted by molar-refractivity contribution is 0.338. The smallest absolute Gasteiger partial charge is 0.0827 e. The third-order valence-corrected chi connectivity index (χ3v) is 2.63. The van der Waals surface area contributed by atoms with Crippen LogP contribution in [0.2, 0.25) is 0 Å². The highest BCUT2D eigenvalue weighted by Crippen LogP contribution is 2.20. The van der Waals surface area contributed by atoms with E-state index in [0.29, 0.717) is 0 Å². The summed E-state index contributed by atoms with van der Waals surface area (Å²) < 4.78 is 4.83. The van der Waals surface area contributed by atoms with E-state index >= 15 is 0 Å². The molecule has 14 heavy (non-hydrogen) atoms. The van der Waals surface area contributed by atoms with Crippen molar-refractivity contribution in [3.63, 3.8) is 0 Å². The van der Waals surface area contributed by atoms with Crippen molar-refractivity contribution < 1.29 is 4.74 Å². The molecule has 0 unspecified atom stereocenters. The number of thioether (sulfide) groups is 1. The molecule has 0 heterocycles. The van der Waals surface area contributed by atoms with E-state index in [1.54, 1.807) is 25.1 Å². The summed E-state index contributed by atoms with van der Waals surface area (Å²) in [6.07, 6.45) is 3.62. The van der Waals surface area contributed by atoms with Crippen molar-refractivity contribution in [3.05, 3.63) is 53.7 Å². The summed E-state index contributed by atoms with van der Waals surface area (Å²) in [7, 11) is 1.65. The van der Waals surface area contributed by atoms with Gasteiger partial charge in [-0.3, -0.25) is 0 Å². The first-order valence-corrected chi connectivity index (χ1v) is 5.28. The number of rotatable bonds is 4. The zero-order valence-corrected chi connectivity index (χ0v) is 9.25. The number of hydrogen-bond donors (Lipinski definition) is 0. The first-order valence-electron chi connectivity index (χ1n) is 4.41. The Bertz CT molecular complexity index is 314. The summed E-state index contributed by atoms with van der Waals surface area (Å²) in [5.41, 5.74) is 1.18. The van der Waals surface area contributed by atoms with Crippen molar-refractivity contribution >= 4 is 11.8 Å². The molecule has 0 bridgehead atoms. The predicted molar refractivity (Wildman–Crippen MR) is 62.2 cm³/mol. The molecule has 0 saturated heterocycles. The van der Waals surface area contributed by atoms with E-state index in [0.717, 1.165) is 0 Å². The molecule has 1 aromatic carbocycles. The van der Waals surface area contributed by atoms with Crippen molar-refractivity contribution in [2.75, 3.05) is 7.11 Å². The quantitative estimate of drug-likeness (QED) is 0.420. The van der Waals surface area contributed by atoms with Crippen LogP contribution in [0.15, 0.2) is 58.5 Å². The van der Waals surface area contributed by atoms with Gasteiger partial charge in [-0.05, 0) is 36.1 Å². The van der Waals surface area contributed by atoms with Crippen LogP contribution >= 0.6 is 11.8 Å². The number of ether oxygens (including phenoxy) is 1. The lowest BCUT2D eigenvalue weighted by Gasteiger charge is -1.95. The summed E-state index contributed by atoms with van der Waals surface area (Å²) in [5.74, 6) is 0. The van der Waals surface area contributed by atoms with Crippen molar-refractivity contribution in [2.24, 2.45) is 0 Å². The fourth-order valence-corrected chi connectivity index (χ4v) is 1.59. The van der Waals surface area contributed by atoms with Gasteiger partial charge in [0.2, 0.25) is 0 Å². The molecule has 0 aliphatic heterocycles. The second-order valence-corrected chi connectivity index (χ2v) is 3.77. The van der Waals surface area contributed by atoms with E-state index in [-0.39, 0.29) is 0 Å². The molecular weight excluding hydrogens is 192 g/mol. The highest BCUT2D eigenvalue weighted by atomic mass is 32.2. The minimum Gasteiger partial charge on any atom is -0.504 e. The normalized spacial score (nSPS) is 12.0. The Balaban J connectivity index is 2.51. The molecule has 74 valence electrons. The summed E-state index contributed by atoms with van der Waals surface area (Å²) in [4.78, 5) is 1.25. The molecule has 0 N–H and O–H groups in total. The van der Waals surface area contributed by atoms with Gasteiger partial charge in [-0.2, -0.15) is 0 Å². The lowest BCUT2D eigenvalue weighted by atomic mass is 10.3. The van der Waals surface area contributed by atoms with Crippen LogP contribution in [0.25, 0.3) is 0 Å².